The van der Waals surface area contributed by atoms with E-state index in [0.717, 1.165) is 0 Å². The van der Waals surface area contributed by atoms with E-state index in [-0.39, 0.29) is 39.3 Å². The van der Waals surface area contributed by atoms with Gasteiger partial charge in [-0.3, -0.25) is 29.8 Å². The average Bonchev–Trinajstić information content (AvgIpc) is 3.02. The molecule has 0 atom stereocenters. The predicted octanol–water partition coefficient (Wildman–Crippen LogP) is 7.48. The molecule has 0 fully saturated rings. The molecule has 0 bridgehead atoms. The lowest BCUT2D eigenvalue weighted by atomic mass is 9.83. The topological polar surface area (TPSA) is 156 Å². The normalized spacial score (nSPS) is 11.0. The SMILES string of the molecule is CC.CC.O=C(Oc1cccc2c1C(=O)c1c(Oc3cc(F)c([N+](=O)[O-])cc3[N+](=O)[O-])cccc1C2=O)c1ccccc1. The number of fused-ring (bicyclic) bond motifs is 2. The van der Waals surface area contributed by atoms with Gasteiger partial charge in [-0.05, 0) is 24.3 Å². The average molecular weight is 589 g/mol. The van der Waals surface area contributed by atoms with Crippen LogP contribution in [0.5, 0.6) is 17.2 Å². The molecule has 11 nitrogen and oxygen atoms in total. The molecule has 4 aromatic rings. The summed E-state index contributed by atoms with van der Waals surface area (Å²) in [6.45, 7) is 8.00. The molecule has 0 heterocycles. The van der Waals surface area contributed by atoms with E-state index in [0.29, 0.717) is 12.1 Å². The summed E-state index contributed by atoms with van der Waals surface area (Å²) in [5.41, 5.74) is -2.59. The first-order chi connectivity index (χ1) is 20.7. The number of carbonyl (C=O) groups is 3. The number of benzene rings is 4. The van der Waals surface area contributed by atoms with Gasteiger partial charge in [-0.2, -0.15) is 4.39 Å². The van der Waals surface area contributed by atoms with Crippen LogP contribution in [0.3, 0.4) is 0 Å². The van der Waals surface area contributed by atoms with E-state index < -0.39 is 50.3 Å². The summed E-state index contributed by atoms with van der Waals surface area (Å²) in [6.07, 6.45) is 0. The van der Waals surface area contributed by atoms with Crippen LogP contribution in [0.1, 0.15) is 69.9 Å². The van der Waals surface area contributed by atoms with Crippen LogP contribution in [0.4, 0.5) is 15.8 Å². The molecule has 0 N–H and O–H groups in total. The number of halogens is 1. The summed E-state index contributed by atoms with van der Waals surface area (Å²) < 4.78 is 25.3. The number of ketones is 2. The summed E-state index contributed by atoms with van der Waals surface area (Å²) in [5.74, 6) is -4.88. The third-order valence-electron chi connectivity index (χ3n) is 5.85. The van der Waals surface area contributed by atoms with Crippen LogP contribution >= 0.6 is 0 Å². The van der Waals surface area contributed by atoms with Gasteiger partial charge < -0.3 is 9.47 Å². The van der Waals surface area contributed by atoms with Gasteiger partial charge >= 0.3 is 17.3 Å². The van der Waals surface area contributed by atoms with Gasteiger partial charge in [-0.1, -0.05) is 70.2 Å². The number of hydrogen-bond acceptors (Lipinski definition) is 9. The molecule has 4 aromatic carbocycles. The standard InChI is InChI=1S/C27H13FN2O9.2C2H6/c28-17-12-22(19(30(36)37)13-18(17)29(34)35)38-20-10-4-8-15-23(20)26(32)24-16(25(15)31)9-5-11-21(24)39-27(33)14-6-2-1-3-7-14;2*1-2/h1-13H;2*1-2H3. The van der Waals surface area contributed by atoms with Crippen molar-refractivity contribution in [3.05, 3.63) is 133 Å². The zero-order valence-electron chi connectivity index (χ0n) is 23.5. The summed E-state index contributed by atoms with van der Waals surface area (Å²) in [7, 11) is 0. The molecular weight excluding hydrogens is 563 g/mol. The van der Waals surface area contributed by atoms with Crippen molar-refractivity contribution in [1.29, 1.82) is 0 Å². The second kappa shape index (κ2) is 13.7. The largest absolute Gasteiger partial charge is 0.449 e. The van der Waals surface area contributed by atoms with Crippen LogP contribution in [0, 0.1) is 26.0 Å². The fraction of sp³-hybridized carbons (Fsp3) is 0.129. The van der Waals surface area contributed by atoms with Gasteiger partial charge in [0.2, 0.25) is 17.3 Å². The van der Waals surface area contributed by atoms with Crippen LogP contribution in [0.2, 0.25) is 0 Å². The van der Waals surface area contributed by atoms with Gasteiger partial charge in [0.25, 0.3) is 0 Å². The summed E-state index contributed by atoms with van der Waals surface area (Å²) in [4.78, 5) is 60.1. The quantitative estimate of drug-likeness (QED) is 0.0849. The molecule has 0 saturated heterocycles. The first-order valence-electron chi connectivity index (χ1n) is 13.1. The Kier molecular flexibility index (Phi) is 10.1. The fourth-order valence-corrected chi connectivity index (χ4v) is 4.10. The Balaban J connectivity index is 0.00000121. The van der Waals surface area contributed by atoms with Crippen molar-refractivity contribution in [2.75, 3.05) is 0 Å². The van der Waals surface area contributed by atoms with Gasteiger partial charge in [-0.25, -0.2) is 4.79 Å². The Labute approximate surface area is 244 Å². The zero-order valence-corrected chi connectivity index (χ0v) is 23.5. The number of ether oxygens (including phenoxy) is 2. The minimum Gasteiger partial charge on any atom is -0.449 e. The molecule has 12 heteroatoms. The van der Waals surface area contributed by atoms with Crippen molar-refractivity contribution in [2.45, 2.75) is 27.7 Å². The molecule has 1 aliphatic carbocycles. The maximum Gasteiger partial charge on any atom is 0.343 e. The molecule has 0 aromatic heterocycles. The predicted molar refractivity (Wildman–Crippen MR) is 154 cm³/mol. The minimum atomic E-state index is -1.41. The molecule has 220 valence electrons. The van der Waals surface area contributed by atoms with Crippen LogP contribution in [0.25, 0.3) is 0 Å². The maximum absolute atomic E-state index is 14.3. The maximum atomic E-state index is 14.3. The smallest absolute Gasteiger partial charge is 0.343 e. The summed E-state index contributed by atoms with van der Waals surface area (Å²) >= 11 is 0. The lowest BCUT2D eigenvalue weighted by molar-refractivity contribution is -0.396. The monoisotopic (exact) mass is 588 g/mol. The third kappa shape index (κ3) is 6.27. The second-order valence-corrected chi connectivity index (χ2v) is 8.16. The van der Waals surface area contributed by atoms with Gasteiger partial charge in [0.1, 0.15) is 17.6 Å². The highest BCUT2D eigenvalue weighted by molar-refractivity contribution is 6.30. The molecule has 0 aliphatic heterocycles. The van der Waals surface area contributed by atoms with Gasteiger partial charge in [0, 0.05) is 17.2 Å². The lowest BCUT2D eigenvalue weighted by Crippen LogP contribution is -2.23. The molecule has 0 amide bonds. The fourth-order valence-electron chi connectivity index (χ4n) is 4.10. The molecule has 5 rings (SSSR count). The molecule has 0 spiro atoms. The van der Waals surface area contributed by atoms with Crippen molar-refractivity contribution in [3.63, 3.8) is 0 Å². The molecule has 0 radical (unpaired) electrons. The molecule has 0 unspecified atom stereocenters. The highest BCUT2D eigenvalue weighted by Crippen LogP contribution is 2.41. The summed E-state index contributed by atoms with van der Waals surface area (Å²) in [5, 5.41) is 22.6. The third-order valence-corrected chi connectivity index (χ3v) is 5.85. The van der Waals surface area contributed by atoms with Gasteiger partial charge in [0.05, 0.1) is 26.5 Å². The Morgan fingerprint density at radius 2 is 1.21 bits per heavy atom. The molecule has 43 heavy (non-hydrogen) atoms. The Morgan fingerprint density at radius 3 is 1.77 bits per heavy atom. The Hall–Kier alpha value is -5.78. The molecular formula is C31H25FN2O9. The van der Waals surface area contributed by atoms with Crippen molar-refractivity contribution in [1.82, 2.24) is 0 Å². The van der Waals surface area contributed by atoms with E-state index in [4.69, 9.17) is 9.47 Å². The Bertz CT molecular complexity index is 1740. The van der Waals surface area contributed by atoms with Crippen molar-refractivity contribution in [3.8, 4) is 17.2 Å². The highest BCUT2D eigenvalue weighted by atomic mass is 19.1. The van der Waals surface area contributed by atoms with E-state index in [9.17, 15) is 39.0 Å². The lowest BCUT2D eigenvalue weighted by Gasteiger charge is -2.21. The van der Waals surface area contributed by atoms with Crippen molar-refractivity contribution < 1.29 is 38.1 Å². The zero-order chi connectivity index (χ0) is 31.8. The van der Waals surface area contributed by atoms with Gasteiger partial charge in [-0.15, -0.1) is 0 Å². The van der Waals surface area contributed by atoms with E-state index in [1.165, 1.54) is 48.5 Å². The first-order valence-corrected chi connectivity index (χ1v) is 13.1. The van der Waals surface area contributed by atoms with Crippen LogP contribution in [-0.2, 0) is 0 Å². The Morgan fingerprint density at radius 1 is 0.674 bits per heavy atom. The molecule has 0 saturated carbocycles. The number of esters is 1. The second-order valence-electron chi connectivity index (χ2n) is 8.16. The highest BCUT2D eigenvalue weighted by Gasteiger charge is 2.36. The van der Waals surface area contributed by atoms with E-state index in [1.54, 1.807) is 18.2 Å². The van der Waals surface area contributed by atoms with E-state index in [1.807, 2.05) is 27.7 Å². The van der Waals surface area contributed by atoms with Crippen molar-refractivity contribution in [2.24, 2.45) is 0 Å². The summed E-state index contributed by atoms with van der Waals surface area (Å²) in [6, 6.07) is 16.8. The number of carbonyl (C=O) groups excluding carboxylic acids is 3. The van der Waals surface area contributed by atoms with Crippen LogP contribution < -0.4 is 9.47 Å². The van der Waals surface area contributed by atoms with E-state index in [2.05, 4.69) is 0 Å². The van der Waals surface area contributed by atoms with Crippen LogP contribution in [-0.4, -0.2) is 27.4 Å². The minimum absolute atomic E-state index is 0.0460. The number of nitro groups is 2. The number of hydrogen-bond donors (Lipinski definition) is 0. The van der Waals surface area contributed by atoms with Crippen LogP contribution in [0.15, 0.2) is 78.9 Å². The van der Waals surface area contributed by atoms with Gasteiger partial charge in [0.15, 0.2) is 5.78 Å². The number of nitro benzene ring substituents is 2. The van der Waals surface area contributed by atoms with Crippen molar-refractivity contribution >= 4 is 28.9 Å². The molecule has 1 aliphatic rings. The number of nitrogens with zero attached hydrogens (tertiary/aromatic N) is 2. The van der Waals surface area contributed by atoms with E-state index >= 15 is 0 Å². The first kappa shape index (κ1) is 31.7. The number of rotatable bonds is 6.